The number of anilines is 1. The normalized spacial score (nSPS) is 17.2. The molecule has 1 heterocycles. The molecular weight excluding hydrogens is 276 g/mol. The number of hydrogen-bond donors (Lipinski definition) is 2. The van der Waals surface area contributed by atoms with Crippen LogP contribution in [0.3, 0.4) is 0 Å². The standard InChI is InChI=1S/C18H20N2O2/c21-18(19-13-17-7-4-12-22-17)20-16-10-8-15(9-11-16)14-5-2-1-3-6-14/h1-3,5-6,8-11,17H,4,7,12-13H2,(H2,19,20,21). The molecule has 2 amide bonds. The second kappa shape index (κ2) is 7.09. The summed E-state index contributed by atoms with van der Waals surface area (Å²) in [7, 11) is 0. The van der Waals surface area contributed by atoms with Gasteiger partial charge in [-0.2, -0.15) is 0 Å². The molecule has 1 aliphatic heterocycles. The Bertz CT molecular complexity index is 605. The van der Waals surface area contributed by atoms with Gasteiger partial charge in [0.15, 0.2) is 0 Å². The second-order valence-corrected chi connectivity index (χ2v) is 5.41. The molecule has 3 rings (SSSR count). The third-order valence-corrected chi connectivity index (χ3v) is 3.76. The highest BCUT2D eigenvalue weighted by Gasteiger charge is 2.15. The van der Waals surface area contributed by atoms with Gasteiger partial charge in [0.25, 0.3) is 0 Å². The number of carbonyl (C=O) groups is 1. The first-order valence-electron chi connectivity index (χ1n) is 7.63. The number of ether oxygens (including phenoxy) is 1. The molecule has 4 nitrogen and oxygen atoms in total. The molecule has 2 aromatic rings. The molecule has 0 aliphatic carbocycles. The lowest BCUT2D eigenvalue weighted by atomic mass is 10.1. The maximum atomic E-state index is 11.8. The zero-order valence-corrected chi connectivity index (χ0v) is 12.4. The third kappa shape index (κ3) is 3.86. The van der Waals surface area contributed by atoms with Crippen molar-refractivity contribution in [3.8, 4) is 11.1 Å². The van der Waals surface area contributed by atoms with Crippen LogP contribution in [0.5, 0.6) is 0 Å². The SMILES string of the molecule is O=C(NCC1CCCO1)Nc1ccc(-c2ccccc2)cc1. The van der Waals surface area contributed by atoms with E-state index in [2.05, 4.69) is 22.8 Å². The quantitative estimate of drug-likeness (QED) is 0.904. The average Bonchev–Trinajstić information content (AvgIpc) is 3.08. The van der Waals surface area contributed by atoms with E-state index in [1.807, 2.05) is 42.5 Å². The van der Waals surface area contributed by atoms with Crippen LogP contribution in [0, 0.1) is 0 Å². The minimum Gasteiger partial charge on any atom is -0.376 e. The number of amides is 2. The van der Waals surface area contributed by atoms with E-state index in [1.165, 1.54) is 0 Å². The third-order valence-electron chi connectivity index (χ3n) is 3.76. The monoisotopic (exact) mass is 296 g/mol. The summed E-state index contributed by atoms with van der Waals surface area (Å²) in [5.41, 5.74) is 3.08. The molecule has 0 bridgehead atoms. The average molecular weight is 296 g/mol. The minimum atomic E-state index is -0.192. The Morgan fingerprint density at radius 1 is 1.05 bits per heavy atom. The van der Waals surface area contributed by atoms with Crippen molar-refractivity contribution in [3.05, 3.63) is 54.6 Å². The van der Waals surface area contributed by atoms with Crippen molar-refractivity contribution in [1.82, 2.24) is 5.32 Å². The van der Waals surface area contributed by atoms with E-state index in [0.29, 0.717) is 6.54 Å². The number of nitrogens with one attached hydrogen (secondary N) is 2. The molecule has 1 atom stereocenters. The van der Waals surface area contributed by atoms with E-state index in [4.69, 9.17) is 4.74 Å². The first-order chi connectivity index (χ1) is 10.8. The van der Waals surface area contributed by atoms with Gasteiger partial charge in [0.2, 0.25) is 0 Å². The number of benzene rings is 2. The van der Waals surface area contributed by atoms with Gasteiger partial charge in [-0.3, -0.25) is 0 Å². The summed E-state index contributed by atoms with van der Waals surface area (Å²) in [6, 6.07) is 17.8. The van der Waals surface area contributed by atoms with Crippen LogP contribution >= 0.6 is 0 Å². The summed E-state index contributed by atoms with van der Waals surface area (Å²) in [6.45, 7) is 1.36. The van der Waals surface area contributed by atoms with Gasteiger partial charge in [-0.25, -0.2) is 4.79 Å². The Balaban J connectivity index is 1.53. The first kappa shape index (κ1) is 14.6. The molecule has 1 fully saturated rings. The van der Waals surface area contributed by atoms with E-state index in [-0.39, 0.29) is 12.1 Å². The molecule has 0 saturated carbocycles. The molecule has 1 unspecified atom stereocenters. The van der Waals surface area contributed by atoms with Gasteiger partial charge in [0, 0.05) is 18.8 Å². The lowest BCUT2D eigenvalue weighted by Crippen LogP contribution is -2.34. The zero-order valence-electron chi connectivity index (χ0n) is 12.4. The number of urea groups is 1. The van der Waals surface area contributed by atoms with Gasteiger partial charge in [-0.05, 0) is 36.1 Å². The van der Waals surface area contributed by atoms with Crippen LogP contribution in [0.2, 0.25) is 0 Å². The Morgan fingerprint density at radius 3 is 2.45 bits per heavy atom. The van der Waals surface area contributed by atoms with Crippen molar-refractivity contribution in [3.63, 3.8) is 0 Å². The van der Waals surface area contributed by atoms with Crippen molar-refractivity contribution >= 4 is 11.7 Å². The van der Waals surface area contributed by atoms with Gasteiger partial charge < -0.3 is 15.4 Å². The first-order valence-corrected chi connectivity index (χ1v) is 7.63. The summed E-state index contributed by atoms with van der Waals surface area (Å²) < 4.78 is 5.48. The fourth-order valence-electron chi connectivity index (χ4n) is 2.56. The van der Waals surface area contributed by atoms with Gasteiger partial charge in [-0.1, -0.05) is 42.5 Å². The Labute approximate surface area is 130 Å². The van der Waals surface area contributed by atoms with Crippen molar-refractivity contribution in [2.75, 3.05) is 18.5 Å². The van der Waals surface area contributed by atoms with Gasteiger partial charge in [0.05, 0.1) is 6.10 Å². The van der Waals surface area contributed by atoms with Crippen LogP contribution in [0.1, 0.15) is 12.8 Å². The lowest BCUT2D eigenvalue weighted by molar-refractivity contribution is 0.112. The predicted molar refractivity (Wildman–Crippen MR) is 87.9 cm³/mol. The van der Waals surface area contributed by atoms with Crippen LogP contribution in [-0.2, 0) is 4.74 Å². The predicted octanol–water partition coefficient (Wildman–Crippen LogP) is 3.65. The van der Waals surface area contributed by atoms with Crippen LogP contribution in [0.4, 0.5) is 10.5 Å². The fourth-order valence-corrected chi connectivity index (χ4v) is 2.56. The Kier molecular flexibility index (Phi) is 4.71. The summed E-state index contributed by atoms with van der Waals surface area (Å²) in [5.74, 6) is 0. The van der Waals surface area contributed by atoms with Crippen LogP contribution in [0.15, 0.2) is 54.6 Å². The van der Waals surface area contributed by atoms with E-state index < -0.39 is 0 Å². The molecule has 0 radical (unpaired) electrons. The van der Waals surface area contributed by atoms with Crippen molar-refractivity contribution in [2.24, 2.45) is 0 Å². The van der Waals surface area contributed by atoms with Crippen molar-refractivity contribution in [1.29, 1.82) is 0 Å². The van der Waals surface area contributed by atoms with E-state index >= 15 is 0 Å². The van der Waals surface area contributed by atoms with E-state index in [9.17, 15) is 4.79 Å². The largest absolute Gasteiger partial charge is 0.376 e. The van der Waals surface area contributed by atoms with E-state index in [0.717, 1.165) is 36.3 Å². The van der Waals surface area contributed by atoms with E-state index in [1.54, 1.807) is 0 Å². The topological polar surface area (TPSA) is 50.4 Å². The molecule has 1 aliphatic rings. The van der Waals surface area contributed by atoms with Gasteiger partial charge in [-0.15, -0.1) is 0 Å². The number of carbonyl (C=O) groups excluding carboxylic acids is 1. The maximum absolute atomic E-state index is 11.8. The molecular formula is C18H20N2O2. The fraction of sp³-hybridized carbons (Fsp3) is 0.278. The highest BCUT2D eigenvalue weighted by atomic mass is 16.5. The highest BCUT2D eigenvalue weighted by Crippen LogP contribution is 2.20. The molecule has 0 spiro atoms. The molecule has 2 N–H and O–H groups in total. The summed E-state index contributed by atoms with van der Waals surface area (Å²) in [5, 5.41) is 5.68. The van der Waals surface area contributed by atoms with Crippen molar-refractivity contribution in [2.45, 2.75) is 18.9 Å². The maximum Gasteiger partial charge on any atom is 0.319 e. The van der Waals surface area contributed by atoms with Crippen LogP contribution in [-0.4, -0.2) is 25.3 Å². The van der Waals surface area contributed by atoms with Crippen LogP contribution in [0.25, 0.3) is 11.1 Å². The highest BCUT2D eigenvalue weighted by molar-refractivity contribution is 5.89. The smallest absolute Gasteiger partial charge is 0.319 e. The zero-order chi connectivity index (χ0) is 15.2. The number of hydrogen-bond acceptors (Lipinski definition) is 2. The molecule has 22 heavy (non-hydrogen) atoms. The Hall–Kier alpha value is -2.33. The summed E-state index contributed by atoms with van der Waals surface area (Å²) >= 11 is 0. The van der Waals surface area contributed by atoms with Crippen LogP contribution < -0.4 is 10.6 Å². The second-order valence-electron chi connectivity index (χ2n) is 5.41. The molecule has 2 aromatic carbocycles. The minimum absolute atomic E-state index is 0.159. The van der Waals surface area contributed by atoms with Gasteiger partial charge in [0.1, 0.15) is 0 Å². The number of rotatable bonds is 4. The molecule has 114 valence electrons. The summed E-state index contributed by atoms with van der Waals surface area (Å²) in [6.07, 6.45) is 2.26. The van der Waals surface area contributed by atoms with Gasteiger partial charge >= 0.3 is 6.03 Å². The lowest BCUT2D eigenvalue weighted by Gasteiger charge is -2.12. The summed E-state index contributed by atoms with van der Waals surface area (Å²) in [4.78, 5) is 11.8. The molecule has 4 heteroatoms. The Morgan fingerprint density at radius 2 is 1.77 bits per heavy atom. The van der Waals surface area contributed by atoms with Crippen molar-refractivity contribution < 1.29 is 9.53 Å². The molecule has 0 aromatic heterocycles. The molecule has 1 saturated heterocycles.